The lowest BCUT2D eigenvalue weighted by Gasteiger charge is -2.19. The van der Waals surface area contributed by atoms with E-state index in [1.807, 2.05) is 0 Å². The molecule has 2 N–H and O–H groups in total. The van der Waals surface area contributed by atoms with Gasteiger partial charge in [-0.05, 0) is 38.1 Å². The molecule has 0 bridgehead atoms. The molecule has 2 fully saturated rings. The Morgan fingerprint density at radius 2 is 2.11 bits per heavy atom. The summed E-state index contributed by atoms with van der Waals surface area (Å²) in [4.78, 5) is 0. The van der Waals surface area contributed by atoms with E-state index in [0.717, 1.165) is 26.0 Å². The van der Waals surface area contributed by atoms with Crippen molar-refractivity contribution in [1.29, 1.82) is 0 Å². The number of nitrogens with zero attached hydrogens (tertiary/aromatic N) is 1. The van der Waals surface area contributed by atoms with Crippen LogP contribution in [0.5, 0.6) is 0 Å². The normalized spacial score (nSPS) is 24.2. The van der Waals surface area contributed by atoms with Gasteiger partial charge in [0.25, 0.3) is 10.2 Å². The third kappa shape index (κ3) is 5.35. The van der Waals surface area contributed by atoms with E-state index in [1.54, 1.807) is 7.05 Å². The van der Waals surface area contributed by atoms with Crippen LogP contribution in [0.4, 0.5) is 0 Å². The second kappa shape index (κ2) is 6.99. The average molecular weight is 291 g/mol. The average Bonchev–Trinajstić information content (AvgIpc) is 3.05. The zero-order valence-electron chi connectivity index (χ0n) is 11.6. The molecule has 0 aromatic heterocycles. The second-order valence-electron chi connectivity index (χ2n) is 5.49. The fourth-order valence-corrected chi connectivity index (χ4v) is 3.13. The topological polar surface area (TPSA) is 70.7 Å². The lowest BCUT2D eigenvalue weighted by molar-refractivity contribution is 0.186. The Bertz CT molecular complexity index is 364. The fourth-order valence-electron chi connectivity index (χ4n) is 2.09. The fraction of sp³-hybridized carbons (Fsp3) is 1.00. The van der Waals surface area contributed by atoms with Crippen molar-refractivity contribution in [2.45, 2.75) is 31.7 Å². The summed E-state index contributed by atoms with van der Waals surface area (Å²) in [7, 11) is -1.70. The summed E-state index contributed by atoms with van der Waals surface area (Å²) in [6.45, 7) is 3.33. The van der Waals surface area contributed by atoms with Crippen molar-refractivity contribution < 1.29 is 13.2 Å². The molecule has 2 rings (SSSR count). The highest BCUT2D eigenvalue weighted by molar-refractivity contribution is 7.87. The quantitative estimate of drug-likeness (QED) is 0.584. The van der Waals surface area contributed by atoms with Crippen LogP contribution >= 0.6 is 0 Å². The molecule has 2 aliphatic rings. The van der Waals surface area contributed by atoms with Crippen molar-refractivity contribution in [2.24, 2.45) is 5.92 Å². The summed E-state index contributed by atoms with van der Waals surface area (Å²) in [5, 5.41) is 3.38. The zero-order valence-corrected chi connectivity index (χ0v) is 12.4. The predicted molar refractivity (Wildman–Crippen MR) is 74.1 cm³/mol. The lowest BCUT2D eigenvalue weighted by atomic mass is 10.1. The van der Waals surface area contributed by atoms with Gasteiger partial charge in [0, 0.05) is 32.8 Å². The van der Waals surface area contributed by atoms with Gasteiger partial charge in [0.1, 0.15) is 0 Å². The van der Waals surface area contributed by atoms with E-state index in [9.17, 15) is 8.42 Å². The van der Waals surface area contributed by atoms with E-state index >= 15 is 0 Å². The number of ether oxygens (including phenoxy) is 1. The first kappa shape index (κ1) is 15.2. The van der Waals surface area contributed by atoms with Crippen LogP contribution in [0.2, 0.25) is 0 Å². The molecule has 19 heavy (non-hydrogen) atoms. The summed E-state index contributed by atoms with van der Waals surface area (Å²) < 4.78 is 33.3. The van der Waals surface area contributed by atoms with Crippen LogP contribution in [-0.4, -0.2) is 58.7 Å². The van der Waals surface area contributed by atoms with Gasteiger partial charge in [-0.2, -0.15) is 12.7 Å². The second-order valence-corrected chi connectivity index (χ2v) is 7.35. The molecule has 0 amide bonds. The maximum Gasteiger partial charge on any atom is 0.279 e. The summed E-state index contributed by atoms with van der Waals surface area (Å²) in [5.74, 6) is 0.319. The standard InChI is InChI=1S/C12H25N3O3S/c1-15(7-2-6-13-12-3-4-12)19(16,17)14-9-11-5-8-18-10-11/h11-14H,2-10H2,1H3. The maximum atomic E-state index is 12.0. The van der Waals surface area contributed by atoms with Crippen LogP contribution in [0.25, 0.3) is 0 Å². The van der Waals surface area contributed by atoms with E-state index < -0.39 is 10.2 Å². The predicted octanol–water partition coefficient (Wildman–Crippen LogP) is -0.0688. The Labute approximate surface area is 116 Å². The van der Waals surface area contributed by atoms with Gasteiger partial charge in [-0.15, -0.1) is 0 Å². The highest BCUT2D eigenvalue weighted by atomic mass is 32.2. The third-order valence-corrected chi connectivity index (χ3v) is 5.18. The molecular weight excluding hydrogens is 266 g/mol. The number of nitrogens with one attached hydrogen (secondary N) is 2. The highest BCUT2D eigenvalue weighted by Crippen LogP contribution is 2.18. The van der Waals surface area contributed by atoms with E-state index in [0.29, 0.717) is 31.7 Å². The summed E-state index contributed by atoms with van der Waals surface area (Å²) in [6.07, 6.45) is 4.32. The van der Waals surface area contributed by atoms with Crippen LogP contribution < -0.4 is 10.0 Å². The number of hydrogen-bond acceptors (Lipinski definition) is 4. The van der Waals surface area contributed by atoms with E-state index in [4.69, 9.17) is 4.74 Å². The molecule has 6 nitrogen and oxygen atoms in total. The zero-order chi connectivity index (χ0) is 13.7. The molecule has 1 heterocycles. The summed E-state index contributed by atoms with van der Waals surface area (Å²) in [5.41, 5.74) is 0. The van der Waals surface area contributed by atoms with E-state index in [-0.39, 0.29) is 0 Å². The maximum absolute atomic E-state index is 12.0. The van der Waals surface area contributed by atoms with E-state index in [2.05, 4.69) is 10.0 Å². The van der Waals surface area contributed by atoms with Gasteiger partial charge in [0.2, 0.25) is 0 Å². The smallest absolute Gasteiger partial charge is 0.279 e. The Hall–Kier alpha value is -0.210. The van der Waals surface area contributed by atoms with Crippen molar-refractivity contribution in [3.05, 3.63) is 0 Å². The Morgan fingerprint density at radius 3 is 2.74 bits per heavy atom. The molecule has 1 aliphatic carbocycles. The number of rotatable bonds is 9. The van der Waals surface area contributed by atoms with Crippen molar-refractivity contribution in [2.75, 3.05) is 39.9 Å². The molecule has 1 atom stereocenters. The van der Waals surface area contributed by atoms with Crippen LogP contribution in [0, 0.1) is 5.92 Å². The molecule has 1 saturated heterocycles. The Balaban J connectivity index is 1.61. The highest BCUT2D eigenvalue weighted by Gasteiger charge is 2.22. The van der Waals surface area contributed by atoms with Crippen LogP contribution in [0.15, 0.2) is 0 Å². The van der Waals surface area contributed by atoms with Crippen molar-refractivity contribution in [3.8, 4) is 0 Å². The minimum atomic E-state index is -3.33. The monoisotopic (exact) mass is 291 g/mol. The van der Waals surface area contributed by atoms with E-state index in [1.165, 1.54) is 17.1 Å². The molecule has 1 saturated carbocycles. The van der Waals surface area contributed by atoms with Gasteiger partial charge < -0.3 is 10.1 Å². The molecule has 1 unspecified atom stereocenters. The van der Waals surface area contributed by atoms with Gasteiger partial charge in [0.05, 0.1) is 6.61 Å². The molecule has 0 aromatic carbocycles. The SMILES string of the molecule is CN(CCCNC1CC1)S(=O)(=O)NCC1CCOC1. The Kier molecular flexibility index (Phi) is 5.58. The first-order valence-electron chi connectivity index (χ1n) is 7.10. The van der Waals surface area contributed by atoms with Crippen molar-refractivity contribution in [3.63, 3.8) is 0 Å². The minimum absolute atomic E-state index is 0.319. The van der Waals surface area contributed by atoms with Crippen LogP contribution in [-0.2, 0) is 14.9 Å². The van der Waals surface area contributed by atoms with Gasteiger partial charge in [0.15, 0.2) is 0 Å². The first-order valence-corrected chi connectivity index (χ1v) is 8.54. The largest absolute Gasteiger partial charge is 0.381 e. The molecule has 0 aromatic rings. The molecule has 1 aliphatic heterocycles. The third-order valence-electron chi connectivity index (χ3n) is 3.65. The first-order chi connectivity index (χ1) is 9.08. The van der Waals surface area contributed by atoms with Gasteiger partial charge in [-0.1, -0.05) is 0 Å². The van der Waals surface area contributed by atoms with Gasteiger partial charge in [-0.25, -0.2) is 4.72 Å². The summed E-state index contributed by atoms with van der Waals surface area (Å²) in [6, 6.07) is 0.683. The Morgan fingerprint density at radius 1 is 1.32 bits per heavy atom. The van der Waals surface area contributed by atoms with Gasteiger partial charge >= 0.3 is 0 Å². The molecule has 7 heteroatoms. The molecule has 0 spiro atoms. The molecule has 0 radical (unpaired) electrons. The van der Waals surface area contributed by atoms with Crippen LogP contribution in [0.1, 0.15) is 25.7 Å². The number of hydrogen-bond donors (Lipinski definition) is 2. The van der Waals surface area contributed by atoms with Gasteiger partial charge in [-0.3, -0.25) is 0 Å². The molecule has 112 valence electrons. The van der Waals surface area contributed by atoms with Crippen molar-refractivity contribution >= 4 is 10.2 Å². The summed E-state index contributed by atoms with van der Waals surface area (Å²) >= 11 is 0. The lowest BCUT2D eigenvalue weighted by Crippen LogP contribution is -2.41. The van der Waals surface area contributed by atoms with Crippen LogP contribution in [0.3, 0.4) is 0 Å². The minimum Gasteiger partial charge on any atom is -0.381 e. The molecular formula is C12H25N3O3S. The van der Waals surface area contributed by atoms with Crippen molar-refractivity contribution in [1.82, 2.24) is 14.3 Å².